The zero-order chi connectivity index (χ0) is 11.4. The zero-order valence-corrected chi connectivity index (χ0v) is 9.09. The summed E-state index contributed by atoms with van der Waals surface area (Å²) in [5, 5.41) is 7.26. The Bertz CT molecular complexity index is 447. The lowest BCUT2D eigenvalue weighted by atomic mass is 10.2. The van der Waals surface area contributed by atoms with Crippen LogP contribution in [0.4, 0.5) is 11.6 Å². The molecule has 0 bridgehead atoms. The van der Waals surface area contributed by atoms with Crippen molar-refractivity contribution in [1.29, 1.82) is 0 Å². The predicted octanol–water partition coefficient (Wildman–Crippen LogP) is 0.447. The van der Waals surface area contributed by atoms with Crippen LogP contribution in [0.2, 0.25) is 0 Å². The fourth-order valence-electron chi connectivity index (χ4n) is 1.37. The topological polar surface area (TPSA) is 81.7 Å². The van der Waals surface area contributed by atoms with Crippen molar-refractivity contribution in [3.8, 4) is 0 Å². The van der Waals surface area contributed by atoms with Gasteiger partial charge in [-0.15, -0.1) is 0 Å². The van der Waals surface area contributed by atoms with E-state index in [-0.39, 0.29) is 0 Å². The summed E-state index contributed by atoms with van der Waals surface area (Å²) in [4.78, 5) is 8.04. The van der Waals surface area contributed by atoms with E-state index in [4.69, 9.17) is 5.73 Å². The fourth-order valence-corrected chi connectivity index (χ4v) is 1.37. The normalized spacial score (nSPS) is 10.3. The molecule has 0 spiro atoms. The molecule has 2 aromatic heterocycles. The van der Waals surface area contributed by atoms with Crippen LogP contribution in [0.1, 0.15) is 5.56 Å². The minimum atomic E-state index is 0.429. The Morgan fingerprint density at radius 3 is 2.81 bits per heavy atom. The molecule has 0 saturated heterocycles. The highest BCUT2D eigenvalue weighted by Gasteiger charge is 1.97. The fraction of sp³-hybridized carbons (Fsp3) is 0.300. The molecular formula is C10H14N6. The van der Waals surface area contributed by atoms with E-state index < -0.39 is 0 Å². The van der Waals surface area contributed by atoms with Crippen LogP contribution in [0.3, 0.4) is 0 Å². The quantitative estimate of drug-likeness (QED) is 0.778. The van der Waals surface area contributed by atoms with E-state index in [1.807, 2.05) is 19.4 Å². The van der Waals surface area contributed by atoms with Gasteiger partial charge < -0.3 is 11.1 Å². The van der Waals surface area contributed by atoms with Gasteiger partial charge in [-0.2, -0.15) is 5.10 Å². The van der Waals surface area contributed by atoms with Crippen molar-refractivity contribution in [3.63, 3.8) is 0 Å². The number of nitrogen functional groups attached to an aromatic ring is 1. The van der Waals surface area contributed by atoms with E-state index in [2.05, 4.69) is 20.4 Å². The summed E-state index contributed by atoms with van der Waals surface area (Å²) < 4.78 is 1.79. The van der Waals surface area contributed by atoms with Crippen molar-refractivity contribution in [3.05, 3.63) is 30.4 Å². The van der Waals surface area contributed by atoms with Crippen molar-refractivity contribution < 1.29 is 0 Å². The van der Waals surface area contributed by atoms with E-state index in [0.717, 1.165) is 18.8 Å². The summed E-state index contributed by atoms with van der Waals surface area (Å²) in [6.07, 6.45) is 7.91. The van der Waals surface area contributed by atoms with Crippen LogP contribution in [-0.2, 0) is 13.5 Å². The molecule has 2 aromatic rings. The third-order valence-corrected chi connectivity index (χ3v) is 2.15. The van der Waals surface area contributed by atoms with Crippen LogP contribution < -0.4 is 11.1 Å². The van der Waals surface area contributed by atoms with Gasteiger partial charge in [0.15, 0.2) is 0 Å². The first kappa shape index (κ1) is 10.4. The molecule has 84 valence electrons. The molecule has 6 nitrogen and oxygen atoms in total. The molecule has 0 fully saturated rings. The molecule has 0 aliphatic heterocycles. The molecule has 0 aliphatic rings. The molecule has 0 saturated carbocycles. The average molecular weight is 218 g/mol. The standard InChI is InChI=1S/C10H14N6/c1-16-7-8(4-15-16)2-3-12-10-6-13-9(11)5-14-10/h4-7H,2-3H2,1H3,(H2,11,13)(H,12,14). The van der Waals surface area contributed by atoms with Gasteiger partial charge in [-0.25, -0.2) is 9.97 Å². The number of nitrogens with two attached hydrogens (primary N) is 1. The molecular weight excluding hydrogens is 204 g/mol. The Labute approximate surface area is 93.5 Å². The van der Waals surface area contributed by atoms with Crippen molar-refractivity contribution in [2.24, 2.45) is 7.05 Å². The largest absolute Gasteiger partial charge is 0.382 e. The molecule has 16 heavy (non-hydrogen) atoms. The molecule has 6 heteroatoms. The lowest BCUT2D eigenvalue weighted by Crippen LogP contribution is -2.06. The van der Waals surface area contributed by atoms with Crippen LogP contribution >= 0.6 is 0 Å². The zero-order valence-electron chi connectivity index (χ0n) is 9.09. The summed E-state index contributed by atoms with van der Waals surface area (Å²) in [5.74, 6) is 1.16. The summed E-state index contributed by atoms with van der Waals surface area (Å²) in [6, 6.07) is 0. The summed E-state index contributed by atoms with van der Waals surface area (Å²) >= 11 is 0. The lowest BCUT2D eigenvalue weighted by molar-refractivity contribution is 0.767. The molecule has 2 heterocycles. The number of nitrogens with one attached hydrogen (secondary N) is 1. The van der Waals surface area contributed by atoms with E-state index in [0.29, 0.717) is 5.82 Å². The van der Waals surface area contributed by atoms with Crippen LogP contribution in [0.5, 0.6) is 0 Å². The van der Waals surface area contributed by atoms with Crippen molar-refractivity contribution in [2.75, 3.05) is 17.6 Å². The number of aromatic nitrogens is 4. The molecule has 0 radical (unpaired) electrons. The van der Waals surface area contributed by atoms with E-state index in [9.17, 15) is 0 Å². The summed E-state index contributed by atoms with van der Waals surface area (Å²) in [5.41, 5.74) is 6.63. The third-order valence-electron chi connectivity index (χ3n) is 2.15. The van der Waals surface area contributed by atoms with Gasteiger partial charge in [0.05, 0.1) is 18.6 Å². The third kappa shape index (κ3) is 2.69. The van der Waals surface area contributed by atoms with Crippen LogP contribution in [-0.4, -0.2) is 26.3 Å². The Hall–Kier alpha value is -2.11. The average Bonchev–Trinajstić information content (AvgIpc) is 2.67. The van der Waals surface area contributed by atoms with Crippen molar-refractivity contribution in [1.82, 2.24) is 19.7 Å². The monoisotopic (exact) mass is 218 g/mol. The number of aryl methyl sites for hydroxylation is 1. The van der Waals surface area contributed by atoms with Crippen molar-refractivity contribution in [2.45, 2.75) is 6.42 Å². The van der Waals surface area contributed by atoms with Crippen LogP contribution in [0.15, 0.2) is 24.8 Å². The Balaban J connectivity index is 1.82. The van der Waals surface area contributed by atoms with E-state index >= 15 is 0 Å². The van der Waals surface area contributed by atoms with Crippen LogP contribution in [0, 0.1) is 0 Å². The molecule has 0 atom stereocenters. The van der Waals surface area contributed by atoms with Crippen molar-refractivity contribution >= 4 is 11.6 Å². The minimum absolute atomic E-state index is 0.429. The lowest BCUT2D eigenvalue weighted by Gasteiger charge is -2.03. The van der Waals surface area contributed by atoms with Gasteiger partial charge in [-0.1, -0.05) is 0 Å². The number of hydrogen-bond donors (Lipinski definition) is 2. The maximum absolute atomic E-state index is 5.44. The van der Waals surface area contributed by atoms with E-state index in [1.165, 1.54) is 11.8 Å². The van der Waals surface area contributed by atoms with Gasteiger partial charge in [0, 0.05) is 19.8 Å². The Morgan fingerprint density at radius 2 is 2.19 bits per heavy atom. The number of rotatable bonds is 4. The second-order valence-electron chi connectivity index (χ2n) is 3.53. The van der Waals surface area contributed by atoms with Gasteiger partial charge in [0.1, 0.15) is 11.6 Å². The maximum atomic E-state index is 5.44. The maximum Gasteiger partial charge on any atom is 0.144 e. The smallest absolute Gasteiger partial charge is 0.144 e. The molecule has 0 aromatic carbocycles. The molecule has 2 rings (SSSR count). The number of nitrogens with zero attached hydrogens (tertiary/aromatic N) is 4. The van der Waals surface area contributed by atoms with Crippen LogP contribution in [0.25, 0.3) is 0 Å². The predicted molar refractivity (Wildman–Crippen MR) is 61.8 cm³/mol. The minimum Gasteiger partial charge on any atom is -0.382 e. The molecule has 0 aliphatic carbocycles. The molecule has 0 amide bonds. The highest BCUT2D eigenvalue weighted by molar-refractivity contribution is 5.35. The van der Waals surface area contributed by atoms with Gasteiger partial charge in [0.25, 0.3) is 0 Å². The SMILES string of the molecule is Cn1cc(CCNc2cnc(N)cn2)cn1. The van der Waals surface area contributed by atoms with E-state index in [1.54, 1.807) is 10.9 Å². The van der Waals surface area contributed by atoms with Gasteiger partial charge in [-0.3, -0.25) is 4.68 Å². The highest BCUT2D eigenvalue weighted by atomic mass is 15.2. The Morgan fingerprint density at radius 1 is 1.31 bits per heavy atom. The van der Waals surface area contributed by atoms with Gasteiger partial charge >= 0.3 is 0 Å². The molecule has 3 N–H and O–H groups in total. The first-order valence-electron chi connectivity index (χ1n) is 5.03. The first-order valence-corrected chi connectivity index (χ1v) is 5.03. The Kier molecular flexibility index (Phi) is 3.00. The number of anilines is 2. The highest BCUT2D eigenvalue weighted by Crippen LogP contribution is 2.03. The van der Waals surface area contributed by atoms with Gasteiger partial charge in [0.2, 0.25) is 0 Å². The summed E-state index contributed by atoms with van der Waals surface area (Å²) in [6.45, 7) is 0.796. The summed E-state index contributed by atoms with van der Waals surface area (Å²) in [7, 11) is 1.91. The second kappa shape index (κ2) is 4.61. The van der Waals surface area contributed by atoms with Gasteiger partial charge in [-0.05, 0) is 12.0 Å². The second-order valence-corrected chi connectivity index (χ2v) is 3.53. The number of hydrogen-bond acceptors (Lipinski definition) is 5. The first-order chi connectivity index (χ1) is 7.74. The molecule has 0 unspecified atom stereocenters.